The molecule has 0 spiro atoms. The van der Waals surface area contributed by atoms with E-state index in [0.717, 1.165) is 30.4 Å². The summed E-state index contributed by atoms with van der Waals surface area (Å²) in [5.41, 5.74) is -0.773. The fourth-order valence-corrected chi connectivity index (χ4v) is 4.38. The second-order valence-corrected chi connectivity index (χ2v) is 8.45. The molecule has 2 aromatic rings. The van der Waals surface area contributed by atoms with Crippen LogP contribution in [-0.4, -0.2) is 11.2 Å². The van der Waals surface area contributed by atoms with Crippen molar-refractivity contribution in [3.8, 4) is 23.1 Å². The van der Waals surface area contributed by atoms with Gasteiger partial charge in [-0.1, -0.05) is 51.4 Å². The third-order valence-electron chi connectivity index (χ3n) is 6.05. The number of aromatic nitrogens is 1. The summed E-state index contributed by atoms with van der Waals surface area (Å²) in [7, 11) is 0. The van der Waals surface area contributed by atoms with Gasteiger partial charge in [0.05, 0.1) is 5.56 Å². The van der Waals surface area contributed by atoms with Crippen LogP contribution in [0, 0.1) is 41.1 Å². The Kier molecular flexibility index (Phi) is 7.86. The monoisotopic (exact) mass is 453 g/mol. The van der Waals surface area contributed by atoms with E-state index in [0.29, 0.717) is 17.9 Å². The average molecular weight is 453 g/mol. The summed E-state index contributed by atoms with van der Waals surface area (Å²) in [4.78, 5) is 4.02. The second-order valence-electron chi connectivity index (χ2n) is 8.45. The zero-order chi connectivity index (χ0) is 23.3. The predicted octanol–water partition coefficient (Wildman–Crippen LogP) is 7.62. The van der Waals surface area contributed by atoms with Crippen LogP contribution >= 0.6 is 0 Å². The standard InChI is InChI=1S/C25H25F6N/c1-2-3-16-4-6-17(7-5-16)8-9-18-12-23(28)24(32-15-18)19-13-21(26)20(22(27)14-19)10-11-25(29,30)31/h12-17H,2-9H2,1H3. The Bertz CT molecular complexity index is 971. The lowest BCUT2D eigenvalue weighted by molar-refractivity contribution is -0.0696. The van der Waals surface area contributed by atoms with E-state index in [1.807, 2.05) is 0 Å². The molecule has 3 rings (SSSR count). The highest BCUT2D eigenvalue weighted by molar-refractivity contribution is 5.62. The number of halogens is 6. The van der Waals surface area contributed by atoms with Gasteiger partial charge >= 0.3 is 6.18 Å². The molecule has 0 aliphatic heterocycles. The van der Waals surface area contributed by atoms with Crippen LogP contribution in [0.5, 0.6) is 0 Å². The minimum atomic E-state index is -4.88. The highest BCUT2D eigenvalue weighted by atomic mass is 19.4. The lowest BCUT2D eigenvalue weighted by atomic mass is 9.78. The molecule has 7 heteroatoms. The Morgan fingerprint density at radius 1 is 0.906 bits per heavy atom. The quantitative estimate of drug-likeness (QED) is 0.324. The number of alkyl halides is 3. The molecule has 1 aliphatic rings. The minimum Gasteiger partial charge on any atom is -0.253 e. The van der Waals surface area contributed by atoms with Crippen molar-refractivity contribution in [1.29, 1.82) is 0 Å². The molecule has 0 atom stereocenters. The van der Waals surface area contributed by atoms with Gasteiger partial charge in [-0.2, -0.15) is 13.2 Å². The van der Waals surface area contributed by atoms with Crippen LogP contribution in [0.1, 0.15) is 63.0 Å². The molecule has 1 aromatic carbocycles. The first-order valence-electron chi connectivity index (χ1n) is 10.9. The molecule has 172 valence electrons. The molecule has 0 radical (unpaired) electrons. The number of pyridine rings is 1. The van der Waals surface area contributed by atoms with E-state index in [9.17, 15) is 26.3 Å². The lowest BCUT2D eigenvalue weighted by Gasteiger charge is -2.28. The van der Waals surface area contributed by atoms with Crippen LogP contribution in [-0.2, 0) is 6.42 Å². The van der Waals surface area contributed by atoms with E-state index < -0.39 is 29.2 Å². The number of rotatable bonds is 6. The fourth-order valence-electron chi connectivity index (χ4n) is 4.38. The van der Waals surface area contributed by atoms with Gasteiger partial charge in [0.15, 0.2) is 0 Å². The molecule has 0 bridgehead atoms. The molecule has 1 fully saturated rings. The van der Waals surface area contributed by atoms with Crippen molar-refractivity contribution in [3.63, 3.8) is 0 Å². The maximum atomic E-state index is 14.6. The summed E-state index contributed by atoms with van der Waals surface area (Å²) in [6.07, 6.45) is 5.54. The molecule has 0 saturated heterocycles. The topological polar surface area (TPSA) is 12.9 Å². The molecule has 1 aromatic heterocycles. The number of hydrogen-bond acceptors (Lipinski definition) is 1. The van der Waals surface area contributed by atoms with Gasteiger partial charge < -0.3 is 0 Å². The van der Waals surface area contributed by atoms with Gasteiger partial charge in [0.25, 0.3) is 0 Å². The van der Waals surface area contributed by atoms with E-state index >= 15 is 0 Å². The molecule has 1 aliphatic carbocycles. The summed E-state index contributed by atoms with van der Waals surface area (Å²) < 4.78 is 79.4. The SMILES string of the molecule is CCCC1CCC(CCc2cnc(-c3cc(F)c(C#CC(F)(F)F)c(F)c3)c(F)c2)CC1. The Morgan fingerprint density at radius 2 is 1.50 bits per heavy atom. The second kappa shape index (κ2) is 10.4. The highest BCUT2D eigenvalue weighted by Gasteiger charge is 2.24. The summed E-state index contributed by atoms with van der Waals surface area (Å²) in [6.45, 7) is 2.20. The normalized spacial score (nSPS) is 18.8. The van der Waals surface area contributed by atoms with Gasteiger partial charge in [0.1, 0.15) is 23.1 Å². The molecule has 0 N–H and O–H groups in total. The molecule has 32 heavy (non-hydrogen) atoms. The zero-order valence-corrected chi connectivity index (χ0v) is 17.8. The largest absolute Gasteiger partial charge is 0.458 e. The smallest absolute Gasteiger partial charge is 0.253 e. The first-order chi connectivity index (χ1) is 15.2. The Balaban J connectivity index is 1.68. The van der Waals surface area contributed by atoms with Crippen molar-refractivity contribution in [1.82, 2.24) is 4.98 Å². The lowest BCUT2D eigenvalue weighted by Crippen LogP contribution is -2.15. The van der Waals surface area contributed by atoms with E-state index in [1.165, 1.54) is 56.7 Å². The number of hydrogen-bond donors (Lipinski definition) is 0. The van der Waals surface area contributed by atoms with E-state index in [4.69, 9.17) is 0 Å². The Morgan fingerprint density at radius 3 is 2.03 bits per heavy atom. The minimum absolute atomic E-state index is 0.198. The molecule has 0 amide bonds. The van der Waals surface area contributed by atoms with Crippen molar-refractivity contribution in [2.24, 2.45) is 11.8 Å². The van der Waals surface area contributed by atoms with Crippen LogP contribution in [0.15, 0.2) is 24.4 Å². The molecule has 0 unspecified atom stereocenters. The molecular formula is C25H25F6N. The van der Waals surface area contributed by atoms with Gasteiger partial charge in [-0.25, -0.2) is 13.2 Å². The van der Waals surface area contributed by atoms with Gasteiger partial charge in [-0.15, -0.1) is 0 Å². The fraction of sp³-hybridized carbons (Fsp3) is 0.480. The van der Waals surface area contributed by atoms with Gasteiger partial charge in [-0.05, 0) is 48.4 Å². The third kappa shape index (κ3) is 6.51. The summed E-state index contributed by atoms with van der Waals surface area (Å²) in [5.74, 6) is 0.357. The van der Waals surface area contributed by atoms with Crippen molar-refractivity contribution >= 4 is 0 Å². The first-order valence-corrected chi connectivity index (χ1v) is 10.9. The van der Waals surface area contributed by atoms with Gasteiger partial charge in [0, 0.05) is 17.7 Å². The zero-order valence-electron chi connectivity index (χ0n) is 17.8. The Labute approximate surface area is 184 Å². The molecular weight excluding hydrogens is 428 g/mol. The van der Waals surface area contributed by atoms with Crippen molar-refractivity contribution in [3.05, 3.63) is 53.0 Å². The predicted molar refractivity (Wildman–Crippen MR) is 111 cm³/mol. The summed E-state index contributed by atoms with van der Waals surface area (Å²) in [5, 5.41) is 0. The summed E-state index contributed by atoms with van der Waals surface area (Å²) >= 11 is 0. The molecule has 1 saturated carbocycles. The van der Waals surface area contributed by atoms with Crippen LogP contribution in [0.2, 0.25) is 0 Å². The van der Waals surface area contributed by atoms with Crippen LogP contribution in [0.25, 0.3) is 11.3 Å². The highest BCUT2D eigenvalue weighted by Crippen LogP contribution is 2.34. The van der Waals surface area contributed by atoms with Crippen LogP contribution in [0.3, 0.4) is 0 Å². The van der Waals surface area contributed by atoms with Crippen LogP contribution in [0.4, 0.5) is 26.3 Å². The molecule has 1 heterocycles. The van der Waals surface area contributed by atoms with Crippen LogP contribution < -0.4 is 0 Å². The van der Waals surface area contributed by atoms with Crippen molar-refractivity contribution in [2.75, 3.05) is 0 Å². The first kappa shape index (κ1) is 24.2. The van der Waals surface area contributed by atoms with E-state index in [2.05, 4.69) is 11.9 Å². The van der Waals surface area contributed by atoms with Gasteiger partial charge in [0.2, 0.25) is 0 Å². The maximum Gasteiger partial charge on any atom is 0.458 e. The number of nitrogens with zero attached hydrogens (tertiary/aromatic N) is 1. The van der Waals surface area contributed by atoms with E-state index in [1.54, 1.807) is 0 Å². The summed E-state index contributed by atoms with van der Waals surface area (Å²) in [6, 6.07) is 2.78. The van der Waals surface area contributed by atoms with E-state index in [-0.39, 0.29) is 11.3 Å². The Hall–Kier alpha value is -2.49. The number of aryl methyl sites for hydroxylation is 1. The van der Waals surface area contributed by atoms with Gasteiger partial charge in [-0.3, -0.25) is 4.98 Å². The van der Waals surface area contributed by atoms with Crippen molar-refractivity contribution < 1.29 is 26.3 Å². The van der Waals surface area contributed by atoms with Crippen molar-refractivity contribution in [2.45, 2.75) is 64.5 Å². The molecule has 1 nitrogen and oxygen atoms in total. The average Bonchev–Trinajstić information content (AvgIpc) is 2.72. The maximum absolute atomic E-state index is 14.6. The third-order valence-corrected chi connectivity index (χ3v) is 6.05. The number of benzene rings is 1.